The molecule has 0 spiro atoms. The summed E-state index contributed by atoms with van der Waals surface area (Å²) in [6.45, 7) is 0.852. The molecule has 0 unspecified atom stereocenters. The summed E-state index contributed by atoms with van der Waals surface area (Å²) in [5.41, 5.74) is 5.77. The molecule has 2 N–H and O–H groups in total. The maximum atomic E-state index is 3.26. The van der Waals surface area contributed by atoms with Crippen LogP contribution in [0.2, 0.25) is 0 Å². The third-order valence-electron chi connectivity index (χ3n) is 2.26. The molecule has 1 aromatic heterocycles. The molecule has 2 aromatic rings. The second kappa shape index (κ2) is 3.82. The number of H-pyrrole nitrogens is 1. The predicted octanol–water partition coefficient (Wildman–Crippen LogP) is 1.73. The lowest BCUT2D eigenvalue weighted by atomic mass is 10.1. The van der Waals surface area contributed by atoms with E-state index in [0.29, 0.717) is 0 Å². The summed E-state index contributed by atoms with van der Waals surface area (Å²) < 4.78 is 0. The highest BCUT2D eigenvalue weighted by Crippen LogP contribution is 2.16. The van der Waals surface area contributed by atoms with Crippen molar-refractivity contribution in [3.05, 3.63) is 36.0 Å². The molecule has 0 aliphatic heterocycles. The minimum atomic E-state index is 0.852. The van der Waals surface area contributed by atoms with Crippen LogP contribution in [-0.2, 0) is 6.54 Å². The fourth-order valence-corrected chi connectivity index (χ4v) is 1.54. The average Bonchev–Trinajstić information content (AvgIpc) is 2.62. The van der Waals surface area contributed by atoms with Crippen LogP contribution in [0.15, 0.2) is 30.5 Å². The van der Waals surface area contributed by atoms with Crippen molar-refractivity contribution >= 4 is 10.9 Å². The number of hydrazine groups is 1. The molecule has 0 amide bonds. The first kappa shape index (κ1) is 9.24. The lowest BCUT2D eigenvalue weighted by Gasteiger charge is -2.12. The highest BCUT2D eigenvalue weighted by atomic mass is 15.5. The Bertz CT molecular complexity index is 417. The van der Waals surface area contributed by atoms with Gasteiger partial charge in [-0.2, -0.15) is 0 Å². The molecule has 0 bridgehead atoms. The SMILES string of the molecule is CN(C)NCc1cccc2cc[nH]c12. The first-order chi connectivity index (χ1) is 6.77. The van der Waals surface area contributed by atoms with E-state index >= 15 is 0 Å². The van der Waals surface area contributed by atoms with E-state index in [1.807, 2.05) is 25.3 Å². The van der Waals surface area contributed by atoms with Crippen molar-refractivity contribution in [2.24, 2.45) is 0 Å². The van der Waals surface area contributed by atoms with E-state index in [4.69, 9.17) is 0 Å². The Morgan fingerprint density at radius 1 is 1.29 bits per heavy atom. The van der Waals surface area contributed by atoms with Crippen LogP contribution in [-0.4, -0.2) is 24.1 Å². The number of rotatable bonds is 3. The number of aromatic nitrogens is 1. The molecule has 0 aliphatic rings. The zero-order valence-corrected chi connectivity index (χ0v) is 8.54. The molecule has 1 heterocycles. The third kappa shape index (κ3) is 1.78. The Hall–Kier alpha value is -1.32. The summed E-state index contributed by atoms with van der Waals surface area (Å²) in [5, 5.41) is 3.23. The summed E-state index contributed by atoms with van der Waals surface area (Å²) in [6.07, 6.45) is 1.98. The largest absolute Gasteiger partial charge is 0.361 e. The zero-order chi connectivity index (χ0) is 9.97. The van der Waals surface area contributed by atoms with Gasteiger partial charge in [0, 0.05) is 32.4 Å². The molecule has 0 aliphatic carbocycles. The Morgan fingerprint density at radius 2 is 2.14 bits per heavy atom. The molecule has 2 rings (SSSR count). The third-order valence-corrected chi connectivity index (χ3v) is 2.26. The Labute approximate surface area is 83.7 Å². The smallest absolute Gasteiger partial charge is 0.0500 e. The number of hydrogen-bond acceptors (Lipinski definition) is 2. The Balaban J connectivity index is 2.27. The van der Waals surface area contributed by atoms with Crippen LogP contribution in [0.4, 0.5) is 0 Å². The van der Waals surface area contributed by atoms with Crippen molar-refractivity contribution in [3.63, 3.8) is 0 Å². The van der Waals surface area contributed by atoms with Crippen LogP contribution in [0, 0.1) is 0 Å². The van der Waals surface area contributed by atoms with Gasteiger partial charge in [0.15, 0.2) is 0 Å². The Kier molecular flexibility index (Phi) is 2.52. The van der Waals surface area contributed by atoms with Gasteiger partial charge < -0.3 is 4.98 Å². The fourth-order valence-electron chi connectivity index (χ4n) is 1.54. The molecular weight excluding hydrogens is 174 g/mol. The van der Waals surface area contributed by atoms with E-state index in [0.717, 1.165) is 6.54 Å². The lowest BCUT2D eigenvalue weighted by molar-refractivity contribution is 0.286. The average molecular weight is 189 g/mol. The van der Waals surface area contributed by atoms with Crippen LogP contribution >= 0.6 is 0 Å². The van der Waals surface area contributed by atoms with E-state index in [1.54, 1.807) is 0 Å². The standard InChI is InChI=1S/C11H15N3/c1-14(2)13-8-10-5-3-4-9-6-7-12-11(9)10/h3-7,12-13H,8H2,1-2H3. The van der Waals surface area contributed by atoms with Gasteiger partial charge in [-0.1, -0.05) is 18.2 Å². The number of benzene rings is 1. The van der Waals surface area contributed by atoms with E-state index in [-0.39, 0.29) is 0 Å². The fraction of sp³-hybridized carbons (Fsp3) is 0.273. The van der Waals surface area contributed by atoms with Gasteiger partial charge >= 0.3 is 0 Å². The van der Waals surface area contributed by atoms with Crippen LogP contribution in [0.5, 0.6) is 0 Å². The number of nitrogens with zero attached hydrogens (tertiary/aromatic N) is 1. The highest BCUT2D eigenvalue weighted by Gasteiger charge is 2.00. The van der Waals surface area contributed by atoms with Gasteiger partial charge in [0.25, 0.3) is 0 Å². The Morgan fingerprint density at radius 3 is 2.93 bits per heavy atom. The second-order valence-electron chi connectivity index (χ2n) is 3.59. The molecule has 0 saturated heterocycles. The van der Waals surface area contributed by atoms with Crippen molar-refractivity contribution in [1.29, 1.82) is 0 Å². The zero-order valence-electron chi connectivity index (χ0n) is 8.54. The number of para-hydroxylation sites is 1. The van der Waals surface area contributed by atoms with E-state index in [1.165, 1.54) is 16.5 Å². The molecule has 0 radical (unpaired) electrons. The molecule has 74 valence electrons. The molecule has 0 saturated carbocycles. The van der Waals surface area contributed by atoms with E-state index < -0.39 is 0 Å². The van der Waals surface area contributed by atoms with Crippen molar-refractivity contribution in [2.75, 3.05) is 14.1 Å². The second-order valence-corrected chi connectivity index (χ2v) is 3.59. The monoisotopic (exact) mass is 189 g/mol. The molecule has 3 nitrogen and oxygen atoms in total. The highest BCUT2D eigenvalue weighted by molar-refractivity contribution is 5.82. The van der Waals surface area contributed by atoms with Crippen LogP contribution in [0.3, 0.4) is 0 Å². The molecule has 0 atom stereocenters. The lowest BCUT2D eigenvalue weighted by Crippen LogP contribution is -2.29. The van der Waals surface area contributed by atoms with Crippen molar-refractivity contribution < 1.29 is 0 Å². The summed E-state index contributed by atoms with van der Waals surface area (Å²) in [4.78, 5) is 3.25. The molecular formula is C11H15N3. The summed E-state index contributed by atoms with van der Waals surface area (Å²) in [5.74, 6) is 0. The minimum absolute atomic E-state index is 0.852. The first-order valence-electron chi connectivity index (χ1n) is 4.73. The van der Waals surface area contributed by atoms with Gasteiger partial charge in [0.1, 0.15) is 0 Å². The maximum absolute atomic E-state index is 3.26. The van der Waals surface area contributed by atoms with E-state index in [2.05, 4.69) is 34.7 Å². The van der Waals surface area contributed by atoms with Crippen LogP contribution in [0.1, 0.15) is 5.56 Å². The topological polar surface area (TPSA) is 31.1 Å². The maximum Gasteiger partial charge on any atom is 0.0500 e. The van der Waals surface area contributed by atoms with Gasteiger partial charge in [-0.05, 0) is 17.0 Å². The first-order valence-corrected chi connectivity index (χ1v) is 4.73. The molecule has 1 aromatic carbocycles. The quantitative estimate of drug-likeness (QED) is 0.720. The van der Waals surface area contributed by atoms with Crippen LogP contribution < -0.4 is 5.43 Å². The van der Waals surface area contributed by atoms with Gasteiger partial charge in [-0.15, -0.1) is 0 Å². The number of nitrogens with one attached hydrogen (secondary N) is 2. The predicted molar refractivity (Wildman–Crippen MR) is 58.8 cm³/mol. The van der Waals surface area contributed by atoms with Crippen molar-refractivity contribution in [3.8, 4) is 0 Å². The van der Waals surface area contributed by atoms with E-state index in [9.17, 15) is 0 Å². The summed E-state index contributed by atoms with van der Waals surface area (Å²) in [6, 6.07) is 8.43. The van der Waals surface area contributed by atoms with Crippen molar-refractivity contribution in [2.45, 2.75) is 6.54 Å². The van der Waals surface area contributed by atoms with Gasteiger partial charge in [0.05, 0.1) is 0 Å². The van der Waals surface area contributed by atoms with Gasteiger partial charge in [-0.25, -0.2) is 0 Å². The van der Waals surface area contributed by atoms with Gasteiger partial charge in [-0.3, -0.25) is 10.4 Å². The normalized spacial score (nSPS) is 11.4. The summed E-state index contributed by atoms with van der Waals surface area (Å²) in [7, 11) is 3.99. The van der Waals surface area contributed by atoms with Crippen LogP contribution in [0.25, 0.3) is 10.9 Å². The number of aromatic amines is 1. The molecule has 3 heteroatoms. The van der Waals surface area contributed by atoms with Gasteiger partial charge in [0.2, 0.25) is 0 Å². The number of hydrogen-bond donors (Lipinski definition) is 2. The number of fused-ring (bicyclic) bond motifs is 1. The molecule has 14 heavy (non-hydrogen) atoms. The van der Waals surface area contributed by atoms with Crippen molar-refractivity contribution in [1.82, 2.24) is 15.4 Å². The molecule has 0 fully saturated rings. The minimum Gasteiger partial charge on any atom is -0.361 e. The summed E-state index contributed by atoms with van der Waals surface area (Å²) >= 11 is 0.